The van der Waals surface area contributed by atoms with Gasteiger partial charge in [0.1, 0.15) is 11.6 Å². The predicted molar refractivity (Wildman–Crippen MR) is 117 cm³/mol. The number of halogens is 1. The largest absolute Gasteiger partial charge is 0.497 e. The van der Waals surface area contributed by atoms with Gasteiger partial charge in [-0.05, 0) is 48.4 Å². The molecule has 0 unspecified atom stereocenters. The van der Waals surface area contributed by atoms with Crippen molar-refractivity contribution in [2.24, 2.45) is 7.05 Å². The molecule has 5 heteroatoms. The van der Waals surface area contributed by atoms with E-state index in [2.05, 4.69) is 52.7 Å². The van der Waals surface area contributed by atoms with Gasteiger partial charge in [0.25, 0.3) is 0 Å². The molecule has 1 fully saturated rings. The molecule has 0 saturated carbocycles. The molecule has 4 nitrogen and oxygen atoms in total. The van der Waals surface area contributed by atoms with Crippen LogP contribution in [-0.2, 0) is 7.05 Å². The Kier molecular flexibility index (Phi) is 5.23. The molecule has 1 aliphatic heterocycles. The topological polar surface area (TPSA) is 20.6 Å². The van der Waals surface area contributed by atoms with Crippen LogP contribution in [0.3, 0.4) is 0 Å². The summed E-state index contributed by atoms with van der Waals surface area (Å²) in [6, 6.07) is 16.3. The number of hydrogen-bond acceptors (Lipinski definition) is 3. The Balaban J connectivity index is 1.53. The van der Waals surface area contributed by atoms with Gasteiger partial charge in [0.05, 0.1) is 13.3 Å². The Labute approximate surface area is 171 Å². The lowest BCUT2D eigenvalue weighted by atomic mass is 10.0. The molecule has 2 heterocycles. The summed E-state index contributed by atoms with van der Waals surface area (Å²) >= 11 is 6.16. The first kappa shape index (κ1) is 18.8. The van der Waals surface area contributed by atoms with Crippen LogP contribution in [0.5, 0.6) is 5.75 Å². The lowest BCUT2D eigenvalue weighted by Crippen LogP contribution is -2.47. The van der Waals surface area contributed by atoms with Crippen molar-refractivity contribution in [3.05, 3.63) is 65.3 Å². The first-order valence-corrected chi connectivity index (χ1v) is 9.93. The van der Waals surface area contributed by atoms with Gasteiger partial charge in [0.15, 0.2) is 0 Å². The minimum atomic E-state index is 0.789. The molecule has 0 atom stereocenters. The van der Waals surface area contributed by atoms with Crippen molar-refractivity contribution in [2.45, 2.75) is 6.92 Å². The van der Waals surface area contributed by atoms with Crippen molar-refractivity contribution >= 4 is 23.1 Å². The zero-order valence-corrected chi connectivity index (χ0v) is 17.3. The molecular weight excluding hydrogens is 370 g/mol. The Hall–Kier alpha value is -2.59. The van der Waals surface area contributed by atoms with E-state index in [0.717, 1.165) is 48.1 Å². The van der Waals surface area contributed by atoms with E-state index in [4.69, 9.17) is 16.3 Å². The van der Waals surface area contributed by atoms with E-state index in [1.807, 2.05) is 30.3 Å². The van der Waals surface area contributed by atoms with Gasteiger partial charge in [0, 0.05) is 49.5 Å². The van der Waals surface area contributed by atoms with Crippen LogP contribution in [0.4, 0.5) is 11.5 Å². The van der Waals surface area contributed by atoms with Crippen LogP contribution >= 0.6 is 11.6 Å². The van der Waals surface area contributed by atoms with E-state index < -0.39 is 0 Å². The first-order valence-electron chi connectivity index (χ1n) is 9.55. The van der Waals surface area contributed by atoms with E-state index in [1.165, 1.54) is 17.1 Å². The van der Waals surface area contributed by atoms with Crippen molar-refractivity contribution in [1.82, 2.24) is 4.57 Å². The molecular formula is C23H25ClN3O. The molecule has 0 amide bonds. The van der Waals surface area contributed by atoms with E-state index in [0.29, 0.717) is 0 Å². The Bertz CT molecular complexity index is 956. The van der Waals surface area contributed by atoms with E-state index in [1.54, 1.807) is 7.11 Å². The third kappa shape index (κ3) is 3.57. The van der Waals surface area contributed by atoms with Crippen molar-refractivity contribution in [3.63, 3.8) is 0 Å². The van der Waals surface area contributed by atoms with Gasteiger partial charge in [-0.2, -0.15) is 0 Å². The van der Waals surface area contributed by atoms with Gasteiger partial charge in [-0.3, -0.25) is 0 Å². The molecule has 145 valence electrons. The number of nitrogens with zero attached hydrogens (tertiary/aromatic N) is 3. The Morgan fingerprint density at radius 1 is 0.964 bits per heavy atom. The number of aryl methyl sites for hydroxylation is 1. The summed E-state index contributed by atoms with van der Waals surface area (Å²) in [4.78, 5) is 4.86. The number of ether oxygens (including phenoxy) is 1. The monoisotopic (exact) mass is 394 g/mol. The molecule has 1 aliphatic rings. The maximum atomic E-state index is 6.16. The first-order chi connectivity index (χ1) is 13.6. The fourth-order valence-corrected chi connectivity index (χ4v) is 4.19. The maximum absolute atomic E-state index is 6.16. The number of anilines is 2. The van der Waals surface area contributed by atoms with Gasteiger partial charge < -0.3 is 19.1 Å². The molecule has 0 bridgehead atoms. The number of piperazine rings is 1. The SMILES string of the molecule is COc1ccc(-c2[c]n(C)c(N3CCN(c4cccc(Cl)c4)CC3)c2C)cc1. The molecule has 0 spiro atoms. The van der Waals surface area contributed by atoms with Gasteiger partial charge in [-0.25, -0.2) is 0 Å². The van der Waals surface area contributed by atoms with E-state index >= 15 is 0 Å². The van der Waals surface area contributed by atoms with Gasteiger partial charge in [0.2, 0.25) is 0 Å². The van der Waals surface area contributed by atoms with Crippen molar-refractivity contribution < 1.29 is 4.74 Å². The van der Waals surface area contributed by atoms with Crippen molar-refractivity contribution in [1.29, 1.82) is 0 Å². The average Bonchev–Trinajstić information content (AvgIpc) is 3.02. The fourth-order valence-electron chi connectivity index (χ4n) is 4.01. The third-order valence-electron chi connectivity index (χ3n) is 5.44. The summed E-state index contributed by atoms with van der Waals surface area (Å²) in [6.45, 7) is 6.09. The molecule has 28 heavy (non-hydrogen) atoms. The second kappa shape index (κ2) is 7.80. The van der Waals surface area contributed by atoms with Crippen LogP contribution in [0, 0.1) is 13.1 Å². The number of methoxy groups -OCH3 is 1. The summed E-state index contributed by atoms with van der Waals surface area (Å²) in [5, 5.41) is 0.789. The number of aromatic nitrogens is 1. The number of hydrogen-bond donors (Lipinski definition) is 0. The predicted octanol–water partition coefficient (Wildman–Crippen LogP) is 4.79. The van der Waals surface area contributed by atoms with Crippen LogP contribution in [0.25, 0.3) is 11.1 Å². The molecule has 2 aromatic carbocycles. The molecule has 1 aromatic heterocycles. The quantitative estimate of drug-likeness (QED) is 0.634. The second-order valence-corrected chi connectivity index (χ2v) is 7.61. The minimum Gasteiger partial charge on any atom is -0.497 e. The molecule has 4 rings (SSSR count). The van der Waals surface area contributed by atoms with Gasteiger partial charge >= 0.3 is 0 Å². The third-order valence-corrected chi connectivity index (χ3v) is 5.67. The average molecular weight is 395 g/mol. The smallest absolute Gasteiger partial charge is 0.118 e. The fraction of sp³-hybridized carbons (Fsp3) is 0.304. The van der Waals surface area contributed by atoms with E-state index in [9.17, 15) is 0 Å². The summed E-state index contributed by atoms with van der Waals surface area (Å²) in [5.41, 5.74) is 4.78. The van der Waals surface area contributed by atoms with Crippen molar-refractivity contribution in [2.75, 3.05) is 43.1 Å². The lowest BCUT2D eigenvalue weighted by Gasteiger charge is -2.37. The second-order valence-electron chi connectivity index (χ2n) is 7.18. The highest BCUT2D eigenvalue weighted by Crippen LogP contribution is 2.33. The number of rotatable bonds is 4. The standard InChI is InChI=1S/C23H25ClN3O/c1-17-22(18-7-9-21(28-3)10-8-18)16-25(2)23(17)27-13-11-26(12-14-27)20-6-4-5-19(24)15-20/h4-10,15H,11-14H2,1-3H3. The lowest BCUT2D eigenvalue weighted by molar-refractivity contribution is 0.415. The molecule has 1 radical (unpaired) electrons. The van der Waals surface area contributed by atoms with Crippen LogP contribution in [-0.4, -0.2) is 37.9 Å². The Morgan fingerprint density at radius 3 is 2.29 bits per heavy atom. The van der Waals surface area contributed by atoms with Crippen LogP contribution < -0.4 is 14.5 Å². The summed E-state index contributed by atoms with van der Waals surface area (Å²) in [5.74, 6) is 2.12. The molecule has 0 aliphatic carbocycles. The number of benzene rings is 2. The minimum absolute atomic E-state index is 0.789. The van der Waals surface area contributed by atoms with Crippen molar-refractivity contribution in [3.8, 4) is 16.9 Å². The van der Waals surface area contributed by atoms with Crippen LogP contribution in [0.1, 0.15) is 5.56 Å². The molecule has 3 aromatic rings. The summed E-state index contributed by atoms with van der Waals surface area (Å²) < 4.78 is 7.41. The highest BCUT2D eigenvalue weighted by molar-refractivity contribution is 6.30. The maximum Gasteiger partial charge on any atom is 0.118 e. The normalized spacial score (nSPS) is 14.4. The highest BCUT2D eigenvalue weighted by atomic mass is 35.5. The molecule has 1 saturated heterocycles. The van der Waals surface area contributed by atoms with Gasteiger partial charge in [-0.1, -0.05) is 29.8 Å². The van der Waals surface area contributed by atoms with Crippen LogP contribution in [0.15, 0.2) is 48.5 Å². The van der Waals surface area contributed by atoms with E-state index in [-0.39, 0.29) is 0 Å². The summed E-state index contributed by atoms with van der Waals surface area (Å²) in [7, 11) is 3.77. The zero-order chi connectivity index (χ0) is 19.7. The van der Waals surface area contributed by atoms with Gasteiger partial charge in [-0.15, -0.1) is 0 Å². The molecule has 0 N–H and O–H groups in total. The summed E-state index contributed by atoms with van der Waals surface area (Å²) in [6.07, 6.45) is 3.52. The van der Waals surface area contributed by atoms with Crippen LogP contribution in [0.2, 0.25) is 5.02 Å². The highest BCUT2D eigenvalue weighted by Gasteiger charge is 2.23. The zero-order valence-electron chi connectivity index (χ0n) is 16.6. The Morgan fingerprint density at radius 2 is 1.64 bits per heavy atom.